The second-order valence-electron chi connectivity index (χ2n) is 6.61. The van der Waals surface area contributed by atoms with E-state index in [0.717, 1.165) is 24.2 Å². The quantitative estimate of drug-likeness (QED) is 0.705. The van der Waals surface area contributed by atoms with Gasteiger partial charge in [-0.1, -0.05) is 18.3 Å². The first-order valence-corrected chi connectivity index (χ1v) is 10.0. The fourth-order valence-electron chi connectivity index (χ4n) is 3.25. The van der Waals surface area contributed by atoms with E-state index in [9.17, 15) is 22.8 Å². The standard InChI is InChI=1S/C18H21F3N4O3S/c1-2-22-10-16(27)25-7-3-4-11(25)8-15(26)24-17-23-13-6-5-12(9-14(13)29-17)28-18(19,20)21/h5-6,9,11,22H,2-4,7-8,10H2,1H3,(H,23,24,26)/t11-/m0/s1. The zero-order valence-corrected chi connectivity index (χ0v) is 16.5. The van der Waals surface area contributed by atoms with Gasteiger partial charge in [0.15, 0.2) is 5.13 Å². The molecule has 1 atom stereocenters. The van der Waals surface area contributed by atoms with Crippen molar-refractivity contribution in [3.63, 3.8) is 0 Å². The maximum Gasteiger partial charge on any atom is 0.573 e. The minimum atomic E-state index is -4.77. The number of likely N-dealkylation sites (tertiary alicyclic amines) is 1. The van der Waals surface area contributed by atoms with Crippen molar-refractivity contribution in [3.05, 3.63) is 18.2 Å². The highest BCUT2D eigenvalue weighted by molar-refractivity contribution is 7.22. The van der Waals surface area contributed by atoms with Gasteiger partial charge in [0.1, 0.15) is 5.75 Å². The number of amides is 2. The van der Waals surface area contributed by atoms with Crippen LogP contribution in [0.5, 0.6) is 5.75 Å². The Hall–Kier alpha value is -2.40. The molecule has 29 heavy (non-hydrogen) atoms. The van der Waals surface area contributed by atoms with E-state index in [-0.39, 0.29) is 41.7 Å². The molecule has 2 heterocycles. The van der Waals surface area contributed by atoms with Crippen molar-refractivity contribution in [3.8, 4) is 5.75 Å². The molecule has 1 aromatic carbocycles. The first-order chi connectivity index (χ1) is 13.7. The topological polar surface area (TPSA) is 83.6 Å². The molecule has 0 radical (unpaired) electrons. The van der Waals surface area contributed by atoms with Crippen molar-refractivity contribution < 1.29 is 27.5 Å². The minimum absolute atomic E-state index is 0.0284. The van der Waals surface area contributed by atoms with Crippen LogP contribution in [0.1, 0.15) is 26.2 Å². The van der Waals surface area contributed by atoms with Crippen molar-refractivity contribution in [1.82, 2.24) is 15.2 Å². The van der Waals surface area contributed by atoms with Crippen molar-refractivity contribution in [1.29, 1.82) is 0 Å². The molecule has 0 aliphatic carbocycles. The summed E-state index contributed by atoms with van der Waals surface area (Å²) in [6.07, 6.45) is -3.02. The van der Waals surface area contributed by atoms with E-state index < -0.39 is 6.36 Å². The monoisotopic (exact) mass is 430 g/mol. The van der Waals surface area contributed by atoms with Gasteiger partial charge in [-0.2, -0.15) is 0 Å². The van der Waals surface area contributed by atoms with Gasteiger partial charge in [-0.25, -0.2) is 4.98 Å². The molecule has 1 saturated heterocycles. The van der Waals surface area contributed by atoms with Crippen LogP contribution in [0.15, 0.2) is 18.2 Å². The van der Waals surface area contributed by atoms with Crippen molar-refractivity contribution >= 4 is 38.5 Å². The molecule has 1 aromatic heterocycles. The number of alkyl halides is 3. The number of thiazole rings is 1. The summed E-state index contributed by atoms with van der Waals surface area (Å²) in [5.41, 5.74) is 0.461. The normalized spacial score (nSPS) is 17.0. The summed E-state index contributed by atoms with van der Waals surface area (Å²) in [6, 6.07) is 3.64. The van der Waals surface area contributed by atoms with Crippen molar-refractivity contribution in [2.45, 2.75) is 38.6 Å². The van der Waals surface area contributed by atoms with E-state index in [4.69, 9.17) is 0 Å². The number of aromatic nitrogens is 1. The maximum atomic E-state index is 12.4. The molecule has 158 valence electrons. The molecule has 0 spiro atoms. The molecule has 3 rings (SSSR count). The van der Waals surface area contributed by atoms with Crippen LogP contribution in [0.4, 0.5) is 18.3 Å². The molecule has 11 heteroatoms. The Bertz CT molecular complexity index is 887. The Morgan fingerprint density at radius 1 is 1.38 bits per heavy atom. The summed E-state index contributed by atoms with van der Waals surface area (Å²) in [7, 11) is 0. The van der Waals surface area contributed by atoms with Crippen LogP contribution in [-0.4, -0.2) is 53.7 Å². The van der Waals surface area contributed by atoms with E-state index in [1.54, 1.807) is 4.90 Å². The summed E-state index contributed by atoms with van der Waals surface area (Å²) in [5, 5.41) is 5.96. The summed E-state index contributed by atoms with van der Waals surface area (Å²) >= 11 is 1.06. The molecule has 0 bridgehead atoms. The number of carbonyl (C=O) groups is 2. The number of benzene rings is 1. The van der Waals surface area contributed by atoms with Gasteiger partial charge in [0.25, 0.3) is 0 Å². The average Bonchev–Trinajstić information content (AvgIpc) is 3.24. The molecular weight excluding hydrogens is 409 g/mol. The van der Waals surface area contributed by atoms with Crippen LogP contribution >= 0.6 is 11.3 Å². The zero-order valence-electron chi connectivity index (χ0n) is 15.7. The van der Waals surface area contributed by atoms with E-state index in [1.165, 1.54) is 18.2 Å². The first kappa shape index (κ1) is 21.3. The summed E-state index contributed by atoms with van der Waals surface area (Å²) in [4.78, 5) is 30.6. The van der Waals surface area contributed by atoms with Gasteiger partial charge in [-0.3, -0.25) is 9.59 Å². The number of nitrogens with one attached hydrogen (secondary N) is 2. The van der Waals surface area contributed by atoms with E-state index in [1.807, 2.05) is 6.92 Å². The molecule has 0 saturated carbocycles. The van der Waals surface area contributed by atoms with Gasteiger partial charge in [0.2, 0.25) is 11.8 Å². The smallest absolute Gasteiger partial charge is 0.406 e. The molecule has 2 amide bonds. The largest absolute Gasteiger partial charge is 0.573 e. The second kappa shape index (κ2) is 8.95. The van der Waals surface area contributed by atoms with Gasteiger partial charge in [0, 0.05) is 25.1 Å². The Morgan fingerprint density at radius 2 is 2.17 bits per heavy atom. The van der Waals surface area contributed by atoms with Crippen LogP contribution in [-0.2, 0) is 9.59 Å². The highest BCUT2D eigenvalue weighted by Gasteiger charge is 2.32. The number of nitrogens with zero attached hydrogens (tertiary/aromatic N) is 2. The van der Waals surface area contributed by atoms with Crippen LogP contribution < -0.4 is 15.4 Å². The first-order valence-electron chi connectivity index (χ1n) is 9.21. The highest BCUT2D eigenvalue weighted by atomic mass is 32.1. The van der Waals surface area contributed by atoms with Gasteiger partial charge in [-0.15, -0.1) is 13.2 Å². The third-order valence-electron chi connectivity index (χ3n) is 4.48. The minimum Gasteiger partial charge on any atom is -0.406 e. The Morgan fingerprint density at radius 3 is 2.90 bits per heavy atom. The fraction of sp³-hybridized carbons (Fsp3) is 0.500. The van der Waals surface area contributed by atoms with Gasteiger partial charge < -0.3 is 20.3 Å². The molecule has 1 aliphatic heterocycles. The molecule has 1 fully saturated rings. The van der Waals surface area contributed by atoms with Gasteiger partial charge in [-0.05, 0) is 31.5 Å². The lowest BCUT2D eigenvalue weighted by Crippen LogP contribution is -2.42. The lowest BCUT2D eigenvalue weighted by Gasteiger charge is -2.24. The number of fused-ring (bicyclic) bond motifs is 1. The molecule has 7 nitrogen and oxygen atoms in total. The lowest BCUT2D eigenvalue weighted by molar-refractivity contribution is -0.274. The lowest BCUT2D eigenvalue weighted by atomic mass is 10.1. The molecular formula is C18H21F3N4O3S. The second-order valence-corrected chi connectivity index (χ2v) is 7.64. The van der Waals surface area contributed by atoms with Crippen LogP contribution in [0.2, 0.25) is 0 Å². The maximum absolute atomic E-state index is 12.4. The van der Waals surface area contributed by atoms with Crippen LogP contribution in [0.25, 0.3) is 10.2 Å². The summed E-state index contributed by atoms with van der Waals surface area (Å²) in [6.45, 7) is 3.48. The Kier molecular flexibility index (Phi) is 6.58. The number of carbonyl (C=O) groups excluding carboxylic acids is 2. The summed E-state index contributed by atoms with van der Waals surface area (Å²) in [5.74, 6) is -0.657. The van der Waals surface area contributed by atoms with E-state index in [0.29, 0.717) is 23.3 Å². The van der Waals surface area contributed by atoms with Crippen molar-refractivity contribution in [2.24, 2.45) is 0 Å². The SMILES string of the molecule is CCNCC(=O)N1CCC[C@H]1CC(=O)Nc1nc2ccc(OC(F)(F)F)cc2s1. The van der Waals surface area contributed by atoms with E-state index in [2.05, 4.69) is 20.4 Å². The van der Waals surface area contributed by atoms with Gasteiger partial charge in [0.05, 0.1) is 16.8 Å². The summed E-state index contributed by atoms with van der Waals surface area (Å²) < 4.78 is 41.4. The number of rotatable bonds is 7. The molecule has 2 N–H and O–H groups in total. The fourth-order valence-corrected chi connectivity index (χ4v) is 4.16. The average molecular weight is 430 g/mol. The zero-order chi connectivity index (χ0) is 21.0. The number of halogens is 3. The number of anilines is 1. The van der Waals surface area contributed by atoms with Crippen LogP contribution in [0.3, 0.4) is 0 Å². The predicted octanol–water partition coefficient (Wildman–Crippen LogP) is 3.12. The van der Waals surface area contributed by atoms with E-state index >= 15 is 0 Å². The van der Waals surface area contributed by atoms with Crippen LogP contribution in [0, 0.1) is 0 Å². The molecule has 2 aromatic rings. The predicted molar refractivity (Wildman–Crippen MR) is 103 cm³/mol. The number of hydrogen-bond donors (Lipinski definition) is 2. The highest BCUT2D eigenvalue weighted by Crippen LogP contribution is 2.32. The molecule has 1 aliphatic rings. The number of likely N-dealkylation sites (N-methyl/N-ethyl adjacent to an activating group) is 1. The van der Waals surface area contributed by atoms with Crippen molar-refractivity contribution in [2.75, 3.05) is 25.0 Å². The Balaban J connectivity index is 1.61. The number of ether oxygens (including phenoxy) is 1. The Labute approximate surface area is 169 Å². The third kappa shape index (κ3) is 5.80. The third-order valence-corrected chi connectivity index (χ3v) is 5.42. The molecule has 0 unspecified atom stereocenters. The van der Waals surface area contributed by atoms with Gasteiger partial charge >= 0.3 is 6.36 Å². The number of hydrogen-bond acceptors (Lipinski definition) is 6.